The van der Waals surface area contributed by atoms with Gasteiger partial charge in [-0.1, -0.05) is 26.8 Å². The van der Waals surface area contributed by atoms with Gasteiger partial charge in [-0.25, -0.2) is 24.4 Å². The van der Waals surface area contributed by atoms with Crippen LogP contribution in [0.15, 0.2) is 42.3 Å². The van der Waals surface area contributed by atoms with E-state index in [-0.39, 0.29) is 36.8 Å². The summed E-state index contributed by atoms with van der Waals surface area (Å²) in [6.45, 7) is 12.7. The van der Waals surface area contributed by atoms with Crippen molar-refractivity contribution in [3.05, 3.63) is 42.3 Å². The molecule has 1 aliphatic heterocycles. The van der Waals surface area contributed by atoms with Gasteiger partial charge < -0.3 is 44.9 Å². The van der Waals surface area contributed by atoms with Crippen molar-refractivity contribution >= 4 is 57.2 Å². The van der Waals surface area contributed by atoms with E-state index in [4.69, 9.17) is 28.9 Å². The lowest BCUT2D eigenvalue weighted by molar-refractivity contribution is -0.148. The monoisotopic (exact) mass is 832 g/mol. The first-order valence-corrected chi connectivity index (χ1v) is 20.8. The van der Waals surface area contributed by atoms with Crippen molar-refractivity contribution in [3.8, 4) is 22.9 Å². The molecule has 0 spiro atoms. The number of nitrogens with one attached hydrogen (secondary N) is 3. The molecule has 7 rings (SSSR count). The van der Waals surface area contributed by atoms with E-state index in [2.05, 4.69) is 22.5 Å². The third kappa shape index (κ3) is 9.09. The fraction of sp³-hybridized carbons (Fsp3) is 0.548. The van der Waals surface area contributed by atoms with Gasteiger partial charge >= 0.3 is 18.0 Å². The van der Waals surface area contributed by atoms with Gasteiger partial charge in [-0.3, -0.25) is 9.59 Å². The largest absolute Gasteiger partial charge is 0.488 e. The highest BCUT2D eigenvalue weighted by Crippen LogP contribution is 2.52. The topological polar surface area (TPSA) is 208 Å². The molecule has 3 saturated carbocycles. The standard InChI is InChI=1S/C42H52N6O10S/c1-8-24-17-42(24,38(53)55-7)47-36(51)32-15-27(18-48(32)37(52)35(41(4,5)6)46-40(54)58-26-12-22-11-23(22)13-26)57-33-16-30(31-20-59-39(45-31)43-21(2)3)44-29-14-25(9-10-28(29)33)56-19-34(49)50/h8-10,14,16,20-24,26-27,32,35H,1,11-13,15,17-19H2,2-7H3,(H,43,45)(H,46,54)(H,47,51)(H,49,50)/t22-,23+,24-,26?,27-,32+,35-,42-/m1/s1. The van der Waals surface area contributed by atoms with Crippen LogP contribution in [0.2, 0.25) is 0 Å². The number of anilines is 1. The van der Waals surface area contributed by atoms with Crippen molar-refractivity contribution < 1.29 is 48.0 Å². The average molecular weight is 833 g/mol. The van der Waals surface area contributed by atoms with Crippen LogP contribution in [0.25, 0.3) is 22.3 Å². The number of carbonyl (C=O) groups excluding carboxylic acids is 4. The number of fused-ring (bicyclic) bond motifs is 2. The summed E-state index contributed by atoms with van der Waals surface area (Å²) in [6, 6.07) is 4.63. The number of nitrogens with zero attached hydrogens (tertiary/aromatic N) is 3. The van der Waals surface area contributed by atoms with Gasteiger partial charge in [0.25, 0.3) is 0 Å². The second kappa shape index (κ2) is 16.3. The van der Waals surface area contributed by atoms with Gasteiger partial charge in [-0.2, -0.15) is 0 Å². The number of carboxylic acid groups (broad SMARTS) is 1. The molecule has 1 unspecified atom stereocenters. The van der Waals surface area contributed by atoms with E-state index in [9.17, 15) is 29.1 Å². The summed E-state index contributed by atoms with van der Waals surface area (Å²) < 4.78 is 23.0. The summed E-state index contributed by atoms with van der Waals surface area (Å²) in [7, 11) is 1.25. The molecule has 4 aliphatic rings. The van der Waals surface area contributed by atoms with Gasteiger partial charge in [0.1, 0.15) is 47.0 Å². The highest BCUT2D eigenvalue weighted by Gasteiger charge is 2.62. The number of hydrogen-bond donors (Lipinski definition) is 4. The molecule has 3 aromatic rings. The maximum Gasteiger partial charge on any atom is 0.408 e. The van der Waals surface area contributed by atoms with Crippen molar-refractivity contribution in [3.63, 3.8) is 0 Å². The number of rotatable bonds is 15. The number of likely N-dealkylation sites (tertiary alicyclic amines) is 1. The molecule has 2 aromatic heterocycles. The first kappa shape index (κ1) is 41.7. The number of pyridine rings is 1. The zero-order chi connectivity index (χ0) is 42.4. The second-order valence-electron chi connectivity index (χ2n) is 17.4. The lowest BCUT2D eigenvalue weighted by Gasteiger charge is -2.35. The summed E-state index contributed by atoms with van der Waals surface area (Å²) >= 11 is 1.41. The SMILES string of the molecule is C=C[C@@H]1C[C@]1(NC(=O)[C@@H]1C[C@@H](Oc2cc(-c3csc(NC(C)C)n3)nc3cc(OCC(=O)O)ccc23)CN1C(=O)[C@@H](NC(=O)OC1C[C@@H]2C[C@@H]2C1)C(C)(C)C)C(=O)OC. The number of esters is 1. The molecule has 316 valence electrons. The smallest absolute Gasteiger partial charge is 0.408 e. The molecule has 0 bridgehead atoms. The van der Waals surface area contributed by atoms with E-state index in [1.165, 1.54) is 23.3 Å². The lowest BCUT2D eigenvalue weighted by Crippen LogP contribution is -2.59. The molecule has 3 aliphatic carbocycles. The number of amides is 3. The molecular formula is C42H52N6O10S. The first-order valence-electron chi connectivity index (χ1n) is 20.0. The third-order valence-corrected chi connectivity index (χ3v) is 12.2. The van der Waals surface area contributed by atoms with Crippen molar-refractivity contribution in [1.29, 1.82) is 0 Å². The molecule has 59 heavy (non-hydrogen) atoms. The summed E-state index contributed by atoms with van der Waals surface area (Å²) in [5.41, 5.74) is -0.639. The minimum Gasteiger partial charge on any atom is -0.488 e. The van der Waals surface area contributed by atoms with E-state index in [1.807, 2.05) is 40.0 Å². The van der Waals surface area contributed by atoms with Crippen LogP contribution in [0, 0.1) is 23.2 Å². The van der Waals surface area contributed by atoms with Crippen molar-refractivity contribution in [2.75, 3.05) is 25.6 Å². The predicted molar refractivity (Wildman–Crippen MR) is 218 cm³/mol. The number of hydrogen-bond acceptors (Lipinski definition) is 13. The fourth-order valence-corrected chi connectivity index (χ4v) is 9.11. The average Bonchev–Trinajstić information content (AvgIpc) is 3.84. The minimum atomic E-state index is -1.32. The molecule has 16 nitrogen and oxygen atoms in total. The Morgan fingerprint density at radius 1 is 1.05 bits per heavy atom. The zero-order valence-electron chi connectivity index (χ0n) is 34.1. The van der Waals surface area contributed by atoms with Crippen LogP contribution in [-0.4, -0.2) is 106 Å². The quantitative estimate of drug-likeness (QED) is 0.115. The van der Waals surface area contributed by atoms with E-state index in [0.29, 0.717) is 51.4 Å². The summed E-state index contributed by atoms with van der Waals surface area (Å²) in [5.74, 6) is -1.34. The highest BCUT2D eigenvalue weighted by molar-refractivity contribution is 7.14. The van der Waals surface area contributed by atoms with E-state index in [0.717, 1.165) is 19.3 Å². The lowest BCUT2D eigenvalue weighted by atomic mass is 9.85. The van der Waals surface area contributed by atoms with Gasteiger partial charge in [0, 0.05) is 41.3 Å². The van der Waals surface area contributed by atoms with Gasteiger partial charge in [-0.15, -0.1) is 17.9 Å². The Balaban J connectivity index is 1.20. The number of methoxy groups -OCH3 is 1. The molecule has 8 atom stereocenters. The van der Waals surface area contributed by atoms with Gasteiger partial charge in [0.15, 0.2) is 11.7 Å². The van der Waals surface area contributed by atoms with Gasteiger partial charge in [0.05, 0.1) is 24.9 Å². The Hall–Kier alpha value is -5.45. The number of thiazole rings is 1. The van der Waals surface area contributed by atoms with Crippen LogP contribution in [-0.2, 0) is 28.7 Å². The molecule has 1 saturated heterocycles. The van der Waals surface area contributed by atoms with E-state index >= 15 is 0 Å². The normalized spacial score (nSPS) is 26.1. The molecule has 0 radical (unpaired) electrons. The third-order valence-electron chi connectivity index (χ3n) is 11.5. The maximum atomic E-state index is 14.7. The minimum absolute atomic E-state index is 0.0395. The Bertz CT molecular complexity index is 2140. The van der Waals surface area contributed by atoms with Crippen molar-refractivity contribution in [2.24, 2.45) is 23.2 Å². The molecule has 4 fully saturated rings. The predicted octanol–water partition coefficient (Wildman–Crippen LogP) is 5.16. The molecule has 17 heteroatoms. The van der Waals surface area contributed by atoms with Crippen LogP contribution < -0.4 is 25.4 Å². The number of benzene rings is 1. The van der Waals surface area contributed by atoms with Crippen molar-refractivity contribution in [1.82, 2.24) is 25.5 Å². The van der Waals surface area contributed by atoms with Crippen LogP contribution >= 0.6 is 11.3 Å². The van der Waals surface area contributed by atoms with E-state index in [1.54, 1.807) is 30.3 Å². The Kier molecular flexibility index (Phi) is 11.5. The molecule has 3 amide bonds. The Morgan fingerprint density at radius 3 is 2.44 bits per heavy atom. The first-order chi connectivity index (χ1) is 28.0. The van der Waals surface area contributed by atoms with Crippen molar-refractivity contribution in [2.45, 2.75) is 103 Å². The number of aliphatic carboxylic acids is 1. The van der Waals surface area contributed by atoms with E-state index < -0.39 is 65.6 Å². The number of carbonyl (C=O) groups is 5. The molecule has 3 heterocycles. The summed E-state index contributed by atoms with van der Waals surface area (Å²) in [4.78, 5) is 77.6. The second-order valence-corrected chi connectivity index (χ2v) is 18.2. The van der Waals surface area contributed by atoms with Crippen LogP contribution in [0.5, 0.6) is 11.5 Å². The zero-order valence-corrected chi connectivity index (χ0v) is 34.9. The summed E-state index contributed by atoms with van der Waals surface area (Å²) in [5, 5.41) is 21.3. The highest BCUT2D eigenvalue weighted by atomic mass is 32.1. The molecular weight excluding hydrogens is 781 g/mol. The summed E-state index contributed by atoms with van der Waals surface area (Å²) in [6.07, 6.45) is 3.08. The van der Waals surface area contributed by atoms with Crippen LogP contribution in [0.4, 0.5) is 9.93 Å². The van der Waals surface area contributed by atoms with Crippen LogP contribution in [0.1, 0.15) is 66.7 Å². The number of carboxylic acids is 1. The maximum absolute atomic E-state index is 14.7. The number of alkyl carbamates (subject to hydrolysis) is 1. The van der Waals surface area contributed by atoms with Gasteiger partial charge in [0.2, 0.25) is 11.8 Å². The Labute approximate surface area is 346 Å². The number of aromatic nitrogens is 2. The fourth-order valence-electron chi connectivity index (χ4n) is 8.26. The van der Waals surface area contributed by atoms with Crippen LogP contribution in [0.3, 0.4) is 0 Å². The molecule has 1 aromatic carbocycles. The van der Waals surface area contributed by atoms with Gasteiger partial charge in [-0.05, 0) is 68.9 Å². The number of ether oxygens (including phenoxy) is 4. The molecule has 4 N–H and O–H groups in total. The Morgan fingerprint density at radius 2 is 1.80 bits per heavy atom.